The predicted octanol–water partition coefficient (Wildman–Crippen LogP) is 3.84. The number of amides is 1. The molecule has 0 bridgehead atoms. The van der Waals surface area contributed by atoms with E-state index in [1.165, 1.54) is 11.3 Å². The standard InChI is InChI=1S/C20H26N2O4S/c1-12-18(27-16(21-12)11-26-5)19(25)22-15(10-17(23)24)13-6-8-14(9-7-13)20(2,3)4/h6-9,15H,10-11H2,1-5H3,(H,22,25)(H,23,24). The van der Waals surface area contributed by atoms with Crippen LogP contribution in [-0.2, 0) is 21.6 Å². The number of thiazole rings is 1. The third-order valence-corrected chi connectivity index (χ3v) is 5.31. The molecule has 2 aromatic rings. The number of carbonyl (C=O) groups is 2. The fraction of sp³-hybridized carbons (Fsp3) is 0.450. The second kappa shape index (κ2) is 8.63. The molecule has 2 rings (SSSR count). The maximum atomic E-state index is 12.7. The molecule has 0 aliphatic rings. The average Bonchev–Trinajstić information content (AvgIpc) is 2.94. The number of benzene rings is 1. The normalized spacial score (nSPS) is 12.6. The Morgan fingerprint density at radius 2 is 1.89 bits per heavy atom. The van der Waals surface area contributed by atoms with Gasteiger partial charge in [-0.05, 0) is 23.5 Å². The van der Waals surface area contributed by atoms with Gasteiger partial charge in [-0.2, -0.15) is 0 Å². The fourth-order valence-corrected chi connectivity index (χ4v) is 3.65. The smallest absolute Gasteiger partial charge is 0.305 e. The predicted molar refractivity (Wildman–Crippen MR) is 105 cm³/mol. The van der Waals surface area contributed by atoms with E-state index in [4.69, 9.17) is 4.74 Å². The molecule has 1 heterocycles. The summed E-state index contributed by atoms with van der Waals surface area (Å²) in [5.41, 5.74) is 2.52. The van der Waals surface area contributed by atoms with Crippen LogP contribution in [0.3, 0.4) is 0 Å². The summed E-state index contributed by atoms with van der Waals surface area (Å²) in [5, 5.41) is 12.8. The first-order valence-corrected chi connectivity index (χ1v) is 9.51. The van der Waals surface area contributed by atoms with E-state index in [1.807, 2.05) is 24.3 Å². The fourth-order valence-electron chi connectivity index (χ4n) is 2.71. The second-order valence-corrected chi connectivity index (χ2v) is 8.53. The van der Waals surface area contributed by atoms with Crippen molar-refractivity contribution in [2.45, 2.75) is 52.2 Å². The Hall–Kier alpha value is -2.25. The molecule has 0 fully saturated rings. The highest BCUT2D eigenvalue weighted by molar-refractivity contribution is 7.13. The van der Waals surface area contributed by atoms with Gasteiger partial charge in [0.15, 0.2) is 0 Å². The maximum absolute atomic E-state index is 12.7. The van der Waals surface area contributed by atoms with Gasteiger partial charge in [-0.15, -0.1) is 11.3 Å². The van der Waals surface area contributed by atoms with Crippen molar-refractivity contribution in [3.05, 3.63) is 51.0 Å². The number of methoxy groups -OCH3 is 1. The zero-order valence-electron chi connectivity index (χ0n) is 16.3. The number of aromatic nitrogens is 1. The summed E-state index contributed by atoms with van der Waals surface area (Å²) in [6.45, 7) is 8.44. The topological polar surface area (TPSA) is 88.5 Å². The Morgan fingerprint density at radius 3 is 2.41 bits per heavy atom. The molecule has 1 unspecified atom stereocenters. The number of ether oxygens (including phenoxy) is 1. The largest absolute Gasteiger partial charge is 0.481 e. The number of aliphatic carboxylic acids is 1. The lowest BCUT2D eigenvalue weighted by atomic mass is 9.86. The first kappa shape index (κ1) is 21.1. The third-order valence-electron chi connectivity index (χ3n) is 4.18. The molecule has 2 N–H and O–H groups in total. The quantitative estimate of drug-likeness (QED) is 0.750. The highest BCUT2D eigenvalue weighted by atomic mass is 32.1. The minimum Gasteiger partial charge on any atom is -0.481 e. The molecule has 1 aromatic carbocycles. The van der Waals surface area contributed by atoms with E-state index < -0.39 is 12.0 Å². The number of nitrogens with zero attached hydrogens (tertiary/aromatic N) is 1. The second-order valence-electron chi connectivity index (χ2n) is 7.45. The number of hydrogen-bond donors (Lipinski definition) is 2. The van der Waals surface area contributed by atoms with Crippen LogP contribution in [0.2, 0.25) is 0 Å². The molecular formula is C20H26N2O4S. The first-order chi connectivity index (χ1) is 12.6. The molecule has 146 valence electrons. The van der Waals surface area contributed by atoms with E-state index in [9.17, 15) is 14.7 Å². The van der Waals surface area contributed by atoms with E-state index in [0.29, 0.717) is 22.2 Å². The van der Waals surface area contributed by atoms with Gasteiger partial charge >= 0.3 is 5.97 Å². The summed E-state index contributed by atoms with van der Waals surface area (Å²) in [4.78, 5) is 28.8. The minimum atomic E-state index is -0.971. The van der Waals surface area contributed by atoms with Crippen LogP contribution in [0.4, 0.5) is 0 Å². The van der Waals surface area contributed by atoms with Crippen molar-refractivity contribution in [1.29, 1.82) is 0 Å². The van der Waals surface area contributed by atoms with Crippen molar-refractivity contribution in [3.8, 4) is 0 Å². The zero-order chi connectivity index (χ0) is 20.2. The number of carboxylic acid groups (broad SMARTS) is 1. The van der Waals surface area contributed by atoms with E-state index in [-0.39, 0.29) is 17.7 Å². The molecule has 1 amide bonds. The molecule has 0 spiro atoms. The Labute approximate surface area is 163 Å². The first-order valence-electron chi connectivity index (χ1n) is 8.70. The summed E-state index contributed by atoms with van der Waals surface area (Å²) in [6, 6.07) is 7.10. The van der Waals surface area contributed by atoms with Crippen molar-refractivity contribution in [2.24, 2.45) is 0 Å². The van der Waals surface area contributed by atoms with Crippen molar-refractivity contribution < 1.29 is 19.4 Å². The minimum absolute atomic E-state index is 0.00156. The van der Waals surface area contributed by atoms with Crippen LogP contribution in [0.1, 0.15) is 64.7 Å². The van der Waals surface area contributed by atoms with Crippen molar-refractivity contribution >= 4 is 23.2 Å². The van der Waals surface area contributed by atoms with E-state index >= 15 is 0 Å². The molecule has 0 saturated carbocycles. The maximum Gasteiger partial charge on any atom is 0.305 e. The molecule has 0 saturated heterocycles. The van der Waals surface area contributed by atoms with Gasteiger partial charge in [0.05, 0.1) is 24.8 Å². The Bertz CT molecular complexity index is 806. The summed E-state index contributed by atoms with van der Waals surface area (Å²) in [5.74, 6) is -1.29. The SMILES string of the molecule is COCc1nc(C)c(C(=O)NC(CC(=O)O)c2ccc(C(C)(C)C)cc2)s1. The van der Waals surface area contributed by atoms with Gasteiger partial charge in [0.25, 0.3) is 5.91 Å². The summed E-state index contributed by atoms with van der Waals surface area (Å²) < 4.78 is 5.06. The molecule has 0 radical (unpaired) electrons. The van der Waals surface area contributed by atoms with E-state index in [2.05, 4.69) is 31.1 Å². The number of nitrogens with one attached hydrogen (secondary N) is 1. The lowest BCUT2D eigenvalue weighted by Gasteiger charge is -2.21. The lowest BCUT2D eigenvalue weighted by molar-refractivity contribution is -0.137. The Kier molecular flexibility index (Phi) is 6.73. The van der Waals surface area contributed by atoms with Crippen LogP contribution in [0, 0.1) is 6.92 Å². The van der Waals surface area contributed by atoms with Gasteiger partial charge in [0.2, 0.25) is 0 Å². The van der Waals surface area contributed by atoms with Gasteiger partial charge in [-0.1, -0.05) is 45.0 Å². The van der Waals surface area contributed by atoms with Crippen molar-refractivity contribution in [2.75, 3.05) is 7.11 Å². The van der Waals surface area contributed by atoms with E-state index in [0.717, 1.165) is 11.1 Å². The summed E-state index contributed by atoms with van der Waals surface area (Å²) in [6.07, 6.45) is -0.191. The van der Waals surface area contributed by atoms with Gasteiger partial charge in [-0.3, -0.25) is 9.59 Å². The highest BCUT2D eigenvalue weighted by Gasteiger charge is 2.23. The van der Waals surface area contributed by atoms with Crippen LogP contribution in [0.25, 0.3) is 0 Å². The van der Waals surface area contributed by atoms with Gasteiger partial charge < -0.3 is 15.2 Å². The molecule has 7 heteroatoms. The monoisotopic (exact) mass is 390 g/mol. The molecule has 0 aliphatic heterocycles. The average molecular weight is 391 g/mol. The molecule has 27 heavy (non-hydrogen) atoms. The van der Waals surface area contributed by atoms with Crippen LogP contribution < -0.4 is 5.32 Å². The summed E-state index contributed by atoms with van der Waals surface area (Å²) >= 11 is 1.26. The summed E-state index contributed by atoms with van der Waals surface area (Å²) in [7, 11) is 1.57. The van der Waals surface area contributed by atoms with Gasteiger partial charge in [0, 0.05) is 7.11 Å². The molecule has 1 aromatic heterocycles. The molecule has 6 nitrogen and oxygen atoms in total. The molecule has 1 atom stereocenters. The van der Waals surface area contributed by atoms with Crippen LogP contribution in [0.5, 0.6) is 0 Å². The lowest BCUT2D eigenvalue weighted by Crippen LogP contribution is -2.30. The number of aryl methyl sites for hydroxylation is 1. The highest BCUT2D eigenvalue weighted by Crippen LogP contribution is 2.26. The molecular weight excluding hydrogens is 364 g/mol. The Balaban J connectivity index is 2.24. The zero-order valence-corrected chi connectivity index (χ0v) is 17.1. The Morgan fingerprint density at radius 1 is 1.26 bits per heavy atom. The number of rotatable bonds is 7. The van der Waals surface area contributed by atoms with Crippen molar-refractivity contribution in [1.82, 2.24) is 10.3 Å². The van der Waals surface area contributed by atoms with Crippen LogP contribution in [-0.4, -0.2) is 29.1 Å². The van der Waals surface area contributed by atoms with Crippen LogP contribution in [0.15, 0.2) is 24.3 Å². The van der Waals surface area contributed by atoms with Gasteiger partial charge in [-0.25, -0.2) is 4.98 Å². The third kappa shape index (κ3) is 5.61. The van der Waals surface area contributed by atoms with Crippen molar-refractivity contribution in [3.63, 3.8) is 0 Å². The van der Waals surface area contributed by atoms with Gasteiger partial charge in [0.1, 0.15) is 9.88 Å². The van der Waals surface area contributed by atoms with Crippen LogP contribution >= 0.6 is 11.3 Å². The number of carboxylic acids is 1. The number of carbonyl (C=O) groups excluding carboxylic acids is 1. The van der Waals surface area contributed by atoms with E-state index in [1.54, 1.807) is 14.0 Å². The molecule has 0 aliphatic carbocycles. The number of hydrogen-bond acceptors (Lipinski definition) is 5.